The van der Waals surface area contributed by atoms with Crippen LogP contribution in [0.25, 0.3) is 0 Å². The number of nitrogens with one attached hydrogen (secondary N) is 1. The van der Waals surface area contributed by atoms with E-state index in [1.54, 1.807) is 42.5 Å². The first-order valence-electron chi connectivity index (χ1n) is 17.6. The maximum absolute atomic E-state index is 14.9. The van der Waals surface area contributed by atoms with E-state index in [0.717, 1.165) is 42.0 Å². The van der Waals surface area contributed by atoms with Gasteiger partial charge in [-0.2, -0.15) is 0 Å². The number of ether oxygens (including phenoxy) is 3. The largest absolute Gasteiger partial charge is 0.494 e. The van der Waals surface area contributed by atoms with E-state index in [2.05, 4.69) is 5.32 Å². The number of amides is 2. The molecule has 5 rings (SSSR count). The first-order valence-corrected chi connectivity index (χ1v) is 19.8. The zero-order chi connectivity index (χ0) is 38.0. The molecule has 282 valence electrons. The van der Waals surface area contributed by atoms with Gasteiger partial charge in [0.15, 0.2) is 11.5 Å². The molecule has 1 atom stereocenters. The Morgan fingerprint density at radius 3 is 2.13 bits per heavy atom. The normalized spacial score (nSPS) is 13.8. The fourth-order valence-electron chi connectivity index (χ4n) is 6.46. The van der Waals surface area contributed by atoms with Gasteiger partial charge in [0.2, 0.25) is 11.8 Å². The van der Waals surface area contributed by atoms with Crippen molar-refractivity contribution < 1.29 is 32.2 Å². The van der Waals surface area contributed by atoms with Crippen molar-refractivity contribution in [3.8, 4) is 17.2 Å². The maximum atomic E-state index is 14.9. The van der Waals surface area contributed by atoms with Crippen LogP contribution >= 0.6 is 23.2 Å². The highest BCUT2D eigenvalue weighted by atomic mass is 35.5. The van der Waals surface area contributed by atoms with E-state index < -0.39 is 28.5 Å². The Morgan fingerprint density at radius 2 is 1.51 bits per heavy atom. The molecule has 0 heterocycles. The Bertz CT molecular complexity index is 1940. The smallest absolute Gasteiger partial charge is 0.264 e. The monoisotopic (exact) mass is 781 g/mol. The van der Waals surface area contributed by atoms with Crippen molar-refractivity contribution in [1.82, 2.24) is 10.2 Å². The fraction of sp³-hybridized carbons (Fsp3) is 0.350. The summed E-state index contributed by atoms with van der Waals surface area (Å²) in [7, 11) is -1.57. The van der Waals surface area contributed by atoms with Gasteiger partial charge in [0.1, 0.15) is 18.3 Å². The van der Waals surface area contributed by atoms with Crippen LogP contribution in [0.3, 0.4) is 0 Å². The van der Waals surface area contributed by atoms with Crippen LogP contribution in [0.2, 0.25) is 10.0 Å². The highest BCUT2D eigenvalue weighted by Gasteiger charge is 2.36. The van der Waals surface area contributed by atoms with E-state index in [0.29, 0.717) is 33.7 Å². The Balaban J connectivity index is 1.61. The van der Waals surface area contributed by atoms with Crippen molar-refractivity contribution in [2.24, 2.45) is 0 Å². The topological polar surface area (TPSA) is 114 Å². The number of carbonyl (C=O) groups excluding carboxylic acids is 2. The summed E-state index contributed by atoms with van der Waals surface area (Å²) in [5, 5.41) is 3.82. The fourth-order valence-corrected chi connectivity index (χ4v) is 8.41. The standard InChI is InChI=1S/C40H45Cl2N3O7S/c1-4-52-31-20-18-30(19-21-31)45(53(48,49)32-22-23-37(50-2)38(25-32)51-3)27-39(46)44(26-33-34(41)16-11-17-35(33)42)36(24-28-12-7-5-8-13-28)40(47)43-29-14-9-6-10-15-29/h5,7-8,11-13,16-23,25,29,36H,4,6,9-10,14-15,24,26-27H2,1-3H3,(H,43,47)/t36-/m1/s1. The first kappa shape index (κ1) is 39.8. The van der Waals surface area contributed by atoms with E-state index in [1.165, 1.54) is 37.3 Å². The highest BCUT2D eigenvalue weighted by Crippen LogP contribution is 2.34. The van der Waals surface area contributed by atoms with Gasteiger partial charge < -0.3 is 24.4 Å². The van der Waals surface area contributed by atoms with Gasteiger partial charge in [0, 0.05) is 40.7 Å². The minimum Gasteiger partial charge on any atom is -0.494 e. The number of hydrogen-bond acceptors (Lipinski definition) is 7. The number of carbonyl (C=O) groups is 2. The zero-order valence-corrected chi connectivity index (χ0v) is 32.4. The van der Waals surface area contributed by atoms with Crippen LogP contribution in [-0.4, -0.2) is 64.6 Å². The lowest BCUT2D eigenvalue weighted by Crippen LogP contribution is -2.55. The highest BCUT2D eigenvalue weighted by molar-refractivity contribution is 7.92. The third-order valence-electron chi connectivity index (χ3n) is 9.27. The van der Waals surface area contributed by atoms with Crippen LogP contribution in [0.4, 0.5) is 5.69 Å². The van der Waals surface area contributed by atoms with Crippen LogP contribution in [0, 0.1) is 0 Å². The molecule has 1 fully saturated rings. The van der Waals surface area contributed by atoms with Crippen molar-refractivity contribution in [1.29, 1.82) is 0 Å². The number of benzene rings is 4. The van der Waals surface area contributed by atoms with Gasteiger partial charge in [-0.25, -0.2) is 8.42 Å². The molecule has 1 N–H and O–H groups in total. The second-order valence-electron chi connectivity index (χ2n) is 12.7. The molecule has 2 amide bonds. The molecule has 0 saturated heterocycles. The number of anilines is 1. The summed E-state index contributed by atoms with van der Waals surface area (Å²) in [6, 6.07) is 24.0. The second kappa shape index (κ2) is 18.5. The summed E-state index contributed by atoms with van der Waals surface area (Å²) in [5.74, 6) is 0.0872. The predicted molar refractivity (Wildman–Crippen MR) is 208 cm³/mol. The minimum absolute atomic E-state index is 0.0406. The minimum atomic E-state index is -4.43. The summed E-state index contributed by atoms with van der Waals surface area (Å²) < 4.78 is 46.6. The summed E-state index contributed by atoms with van der Waals surface area (Å²) in [6.45, 7) is 1.45. The predicted octanol–water partition coefficient (Wildman–Crippen LogP) is 7.69. The van der Waals surface area contributed by atoms with Crippen molar-refractivity contribution >= 4 is 50.7 Å². The summed E-state index contributed by atoms with van der Waals surface area (Å²) in [5.41, 5.74) is 1.46. The Hall–Kier alpha value is -4.45. The van der Waals surface area contributed by atoms with Crippen molar-refractivity contribution in [3.63, 3.8) is 0 Å². The van der Waals surface area contributed by atoms with Crippen molar-refractivity contribution in [2.45, 2.75) is 69.0 Å². The molecule has 1 aliphatic rings. The maximum Gasteiger partial charge on any atom is 0.264 e. The van der Waals surface area contributed by atoms with Crippen LogP contribution in [-0.2, 0) is 32.6 Å². The second-order valence-corrected chi connectivity index (χ2v) is 15.4. The molecule has 0 aromatic heterocycles. The quantitative estimate of drug-likeness (QED) is 0.124. The number of rotatable bonds is 16. The molecule has 0 spiro atoms. The van der Waals surface area contributed by atoms with Gasteiger partial charge >= 0.3 is 0 Å². The van der Waals surface area contributed by atoms with Crippen molar-refractivity contribution in [2.75, 3.05) is 31.7 Å². The van der Waals surface area contributed by atoms with E-state index >= 15 is 0 Å². The SMILES string of the molecule is CCOc1ccc(N(CC(=O)N(Cc2c(Cl)cccc2Cl)[C@H](Cc2ccccc2)C(=O)NC2CCCCC2)S(=O)(=O)c2ccc(OC)c(OC)c2)cc1. The van der Waals surface area contributed by atoms with E-state index in [4.69, 9.17) is 37.4 Å². The lowest BCUT2D eigenvalue weighted by molar-refractivity contribution is -0.140. The molecule has 0 bridgehead atoms. The summed E-state index contributed by atoms with van der Waals surface area (Å²) >= 11 is 13.3. The molecule has 13 heteroatoms. The lowest BCUT2D eigenvalue weighted by Gasteiger charge is -2.35. The van der Waals surface area contributed by atoms with Gasteiger partial charge in [0.05, 0.1) is 31.4 Å². The Kier molecular flexibility index (Phi) is 13.9. The Labute approximate surface area is 322 Å². The molecule has 0 aliphatic heterocycles. The van der Waals surface area contributed by atoms with Crippen molar-refractivity contribution in [3.05, 3.63) is 112 Å². The summed E-state index contributed by atoms with van der Waals surface area (Å²) in [4.78, 5) is 30.6. The first-order chi connectivity index (χ1) is 25.5. The van der Waals surface area contributed by atoms with Gasteiger partial charge in [-0.1, -0.05) is 78.9 Å². The molecule has 53 heavy (non-hydrogen) atoms. The molecule has 10 nitrogen and oxygen atoms in total. The molecular weight excluding hydrogens is 737 g/mol. The van der Waals surface area contributed by atoms with Crippen LogP contribution in [0.5, 0.6) is 17.2 Å². The zero-order valence-electron chi connectivity index (χ0n) is 30.1. The molecular formula is C40H45Cl2N3O7S. The van der Waals surface area contributed by atoms with Gasteiger partial charge in [-0.05, 0) is 73.9 Å². The number of hydrogen-bond donors (Lipinski definition) is 1. The molecule has 1 aliphatic carbocycles. The molecule has 4 aromatic carbocycles. The number of methoxy groups -OCH3 is 2. The molecule has 0 unspecified atom stereocenters. The number of nitrogens with zero attached hydrogens (tertiary/aromatic N) is 2. The Morgan fingerprint density at radius 1 is 0.849 bits per heavy atom. The van der Waals surface area contributed by atoms with Gasteiger partial charge in [-0.15, -0.1) is 0 Å². The molecule has 1 saturated carbocycles. The summed E-state index contributed by atoms with van der Waals surface area (Å²) in [6.07, 6.45) is 4.94. The molecule has 4 aromatic rings. The van der Waals surface area contributed by atoms with Gasteiger partial charge in [-0.3, -0.25) is 13.9 Å². The molecule has 0 radical (unpaired) electrons. The third-order valence-corrected chi connectivity index (χ3v) is 11.7. The lowest BCUT2D eigenvalue weighted by atomic mass is 9.94. The average molecular weight is 783 g/mol. The van der Waals surface area contributed by atoms with E-state index in [-0.39, 0.29) is 41.2 Å². The van der Waals surface area contributed by atoms with E-state index in [1.807, 2.05) is 37.3 Å². The van der Waals surface area contributed by atoms with E-state index in [9.17, 15) is 18.0 Å². The third kappa shape index (κ3) is 9.96. The number of sulfonamides is 1. The van der Waals surface area contributed by atoms with Crippen LogP contribution < -0.4 is 23.8 Å². The number of halogens is 2. The van der Waals surface area contributed by atoms with Gasteiger partial charge in [0.25, 0.3) is 10.0 Å². The van der Waals surface area contributed by atoms with Crippen LogP contribution in [0.15, 0.2) is 95.9 Å². The van der Waals surface area contributed by atoms with Crippen LogP contribution in [0.1, 0.15) is 50.2 Å². The average Bonchev–Trinajstić information content (AvgIpc) is 3.17.